The molecule has 172 valence electrons. The van der Waals surface area contributed by atoms with E-state index in [1.54, 1.807) is 24.3 Å². The van der Waals surface area contributed by atoms with Gasteiger partial charge in [-0.05, 0) is 55.7 Å². The van der Waals surface area contributed by atoms with E-state index >= 15 is 0 Å². The molecule has 0 spiro atoms. The van der Waals surface area contributed by atoms with Crippen LogP contribution in [0.15, 0.2) is 47.4 Å². The molecule has 2 N–H and O–H groups in total. The van der Waals surface area contributed by atoms with Gasteiger partial charge in [-0.3, -0.25) is 9.59 Å². The van der Waals surface area contributed by atoms with Crippen LogP contribution in [-0.2, 0) is 14.8 Å². The molecule has 0 aliphatic carbocycles. The number of nitrogens with one attached hydrogen (secondary N) is 2. The fourth-order valence-electron chi connectivity index (χ4n) is 3.50. The molecule has 0 radical (unpaired) electrons. The van der Waals surface area contributed by atoms with Crippen molar-refractivity contribution in [2.75, 3.05) is 25.0 Å². The maximum absolute atomic E-state index is 14.0. The Labute approximate surface area is 185 Å². The van der Waals surface area contributed by atoms with Gasteiger partial charge in [0.25, 0.3) is 5.91 Å². The van der Waals surface area contributed by atoms with Gasteiger partial charge in [0.05, 0.1) is 0 Å². The van der Waals surface area contributed by atoms with Gasteiger partial charge in [0.1, 0.15) is 16.5 Å². The predicted octanol–water partition coefficient (Wildman–Crippen LogP) is 3.14. The Morgan fingerprint density at radius 1 is 1.09 bits per heavy atom. The van der Waals surface area contributed by atoms with Gasteiger partial charge in [0.2, 0.25) is 15.9 Å². The smallest absolute Gasteiger partial charge is 0.251 e. The normalized spacial score (nSPS) is 15.3. The minimum Gasteiger partial charge on any atom is -0.352 e. The molecule has 1 aliphatic rings. The Morgan fingerprint density at radius 3 is 2.50 bits per heavy atom. The zero-order valence-electron chi connectivity index (χ0n) is 17.6. The second-order valence-corrected chi connectivity index (χ2v) is 9.49. The van der Waals surface area contributed by atoms with Gasteiger partial charge in [-0.2, -0.15) is 4.31 Å². The third-order valence-electron chi connectivity index (χ3n) is 5.26. The van der Waals surface area contributed by atoms with E-state index in [1.807, 2.05) is 6.92 Å². The summed E-state index contributed by atoms with van der Waals surface area (Å²) in [7, 11) is -4.20. The number of carbonyl (C=O) groups is 2. The summed E-state index contributed by atoms with van der Waals surface area (Å²) in [5.74, 6) is -2.83. The van der Waals surface area contributed by atoms with E-state index in [2.05, 4.69) is 10.6 Å². The highest BCUT2D eigenvalue weighted by Gasteiger charge is 2.33. The summed E-state index contributed by atoms with van der Waals surface area (Å²) in [6.45, 7) is 2.52. The molecule has 0 aromatic heterocycles. The largest absolute Gasteiger partial charge is 0.352 e. The van der Waals surface area contributed by atoms with Crippen LogP contribution in [0.1, 0.15) is 36.5 Å². The number of hydrogen-bond donors (Lipinski definition) is 2. The van der Waals surface area contributed by atoms with Gasteiger partial charge in [0, 0.05) is 36.8 Å². The number of rotatable bonds is 7. The monoisotopic (exact) mass is 465 g/mol. The molecule has 10 heteroatoms. The minimum absolute atomic E-state index is 0.00976. The minimum atomic E-state index is -4.20. The lowest BCUT2D eigenvalue weighted by Crippen LogP contribution is -2.41. The fourth-order valence-corrected chi connectivity index (χ4v) is 5.04. The molecule has 2 aromatic rings. The Bertz CT molecular complexity index is 1100. The molecule has 0 atom stereocenters. The first-order valence-electron chi connectivity index (χ1n) is 10.4. The number of halogens is 2. The predicted molar refractivity (Wildman–Crippen MR) is 116 cm³/mol. The average molecular weight is 466 g/mol. The van der Waals surface area contributed by atoms with Crippen LogP contribution >= 0.6 is 0 Å². The summed E-state index contributed by atoms with van der Waals surface area (Å²) in [6.07, 6.45) is 1.28. The van der Waals surface area contributed by atoms with Crippen molar-refractivity contribution < 1.29 is 26.8 Å². The molecule has 2 aromatic carbocycles. The Morgan fingerprint density at radius 2 is 1.81 bits per heavy atom. The van der Waals surface area contributed by atoms with Crippen LogP contribution in [0.2, 0.25) is 0 Å². The fraction of sp³-hybridized carbons (Fsp3) is 0.364. The standard InChI is InChI=1S/C22H25F2N3O4S/c1-2-10-25-21(28)16-4-3-5-18(13-16)26-22(29)15-8-11-27(12-9-15)32(30,31)20-14-17(23)6-7-19(20)24/h3-7,13-15H,2,8-12H2,1H3,(H,25,28)(H,26,29). The number of carbonyl (C=O) groups excluding carboxylic acids is 2. The van der Waals surface area contributed by atoms with Crippen LogP contribution in [0.25, 0.3) is 0 Å². The summed E-state index contributed by atoms with van der Waals surface area (Å²) in [5, 5.41) is 5.54. The average Bonchev–Trinajstić information content (AvgIpc) is 2.79. The summed E-state index contributed by atoms with van der Waals surface area (Å²) < 4.78 is 53.8. The lowest BCUT2D eigenvalue weighted by molar-refractivity contribution is -0.120. The SMILES string of the molecule is CCCNC(=O)c1cccc(NC(=O)C2CCN(S(=O)(=O)c3cc(F)ccc3F)CC2)c1. The van der Waals surface area contributed by atoms with Crippen molar-refractivity contribution >= 4 is 27.5 Å². The lowest BCUT2D eigenvalue weighted by Gasteiger charge is -2.30. The third kappa shape index (κ3) is 5.49. The number of benzene rings is 2. The van der Waals surface area contributed by atoms with E-state index in [0.29, 0.717) is 23.9 Å². The molecule has 1 heterocycles. The molecule has 3 rings (SSSR count). The molecule has 1 saturated heterocycles. The molecular weight excluding hydrogens is 440 g/mol. The van der Waals surface area contributed by atoms with Crippen molar-refractivity contribution in [1.29, 1.82) is 0 Å². The molecule has 7 nitrogen and oxygen atoms in total. The van der Waals surface area contributed by atoms with E-state index < -0.39 is 32.5 Å². The van der Waals surface area contributed by atoms with Gasteiger partial charge in [-0.15, -0.1) is 0 Å². The first kappa shape index (κ1) is 23.8. The number of hydrogen-bond acceptors (Lipinski definition) is 4. The lowest BCUT2D eigenvalue weighted by atomic mass is 9.97. The number of anilines is 1. The van der Waals surface area contributed by atoms with Crippen molar-refractivity contribution in [3.63, 3.8) is 0 Å². The molecular formula is C22H25F2N3O4S. The zero-order valence-corrected chi connectivity index (χ0v) is 18.4. The van der Waals surface area contributed by atoms with Crippen molar-refractivity contribution in [2.45, 2.75) is 31.1 Å². The zero-order chi connectivity index (χ0) is 23.3. The highest BCUT2D eigenvalue weighted by molar-refractivity contribution is 7.89. The van der Waals surface area contributed by atoms with Crippen molar-refractivity contribution in [3.8, 4) is 0 Å². The van der Waals surface area contributed by atoms with Crippen LogP contribution in [0.3, 0.4) is 0 Å². The second-order valence-electron chi connectivity index (χ2n) is 7.58. The maximum atomic E-state index is 14.0. The number of nitrogens with zero attached hydrogens (tertiary/aromatic N) is 1. The van der Waals surface area contributed by atoms with E-state index in [0.717, 1.165) is 22.9 Å². The third-order valence-corrected chi connectivity index (χ3v) is 7.18. The van der Waals surface area contributed by atoms with E-state index in [9.17, 15) is 26.8 Å². The van der Waals surface area contributed by atoms with Gasteiger partial charge >= 0.3 is 0 Å². The summed E-state index contributed by atoms with van der Waals surface area (Å²) in [6, 6.07) is 8.85. The van der Waals surface area contributed by atoms with Crippen molar-refractivity contribution in [3.05, 3.63) is 59.7 Å². The van der Waals surface area contributed by atoms with Gasteiger partial charge in [-0.25, -0.2) is 17.2 Å². The molecule has 1 aliphatic heterocycles. The number of sulfonamides is 1. The van der Waals surface area contributed by atoms with Gasteiger partial charge < -0.3 is 10.6 Å². The molecule has 32 heavy (non-hydrogen) atoms. The van der Waals surface area contributed by atoms with E-state index in [4.69, 9.17) is 0 Å². The molecule has 0 bridgehead atoms. The Kier molecular flexibility index (Phi) is 7.57. The second kappa shape index (κ2) is 10.2. The van der Waals surface area contributed by atoms with E-state index in [-0.39, 0.29) is 37.7 Å². The molecule has 2 amide bonds. The maximum Gasteiger partial charge on any atom is 0.251 e. The first-order chi connectivity index (χ1) is 15.2. The van der Waals surface area contributed by atoms with Crippen LogP contribution in [0, 0.1) is 17.6 Å². The number of piperidine rings is 1. The van der Waals surface area contributed by atoms with Crippen LogP contribution in [0.5, 0.6) is 0 Å². The summed E-state index contributed by atoms with van der Waals surface area (Å²) in [5.41, 5.74) is 0.894. The highest BCUT2D eigenvalue weighted by Crippen LogP contribution is 2.27. The molecule has 0 unspecified atom stereocenters. The summed E-state index contributed by atoms with van der Waals surface area (Å²) in [4.78, 5) is 24.0. The summed E-state index contributed by atoms with van der Waals surface area (Å²) >= 11 is 0. The molecule has 0 saturated carbocycles. The number of amides is 2. The van der Waals surface area contributed by atoms with Crippen LogP contribution < -0.4 is 10.6 Å². The van der Waals surface area contributed by atoms with Crippen molar-refractivity contribution in [2.24, 2.45) is 5.92 Å². The van der Waals surface area contributed by atoms with Crippen LogP contribution in [0.4, 0.5) is 14.5 Å². The first-order valence-corrected chi connectivity index (χ1v) is 11.8. The quantitative estimate of drug-likeness (QED) is 0.657. The topological polar surface area (TPSA) is 95.6 Å². The Balaban J connectivity index is 1.61. The van der Waals surface area contributed by atoms with Crippen molar-refractivity contribution in [1.82, 2.24) is 9.62 Å². The molecule has 1 fully saturated rings. The van der Waals surface area contributed by atoms with Gasteiger partial charge in [0.15, 0.2) is 0 Å². The Hall–Kier alpha value is -2.85. The van der Waals surface area contributed by atoms with E-state index in [1.165, 1.54) is 0 Å². The highest BCUT2D eigenvalue weighted by atomic mass is 32.2. The van der Waals surface area contributed by atoms with Gasteiger partial charge in [-0.1, -0.05) is 13.0 Å². The van der Waals surface area contributed by atoms with Crippen LogP contribution in [-0.4, -0.2) is 44.2 Å².